The van der Waals surface area contributed by atoms with Gasteiger partial charge in [0.1, 0.15) is 0 Å². The molecule has 0 radical (unpaired) electrons. The van der Waals surface area contributed by atoms with E-state index in [2.05, 4.69) is 19.1 Å². The summed E-state index contributed by atoms with van der Waals surface area (Å²) in [5.74, 6) is 0.307. The van der Waals surface area contributed by atoms with Crippen LogP contribution in [-0.2, 0) is 17.6 Å². The fraction of sp³-hybridized carbons (Fsp3) is 0.417. The highest BCUT2D eigenvalue weighted by Crippen LogP contribution is 2.37. The van der Waals surface area contributed by atoms with Crippen molar-refractivity contribution >= 4 is 11.6 Å². The normalized spacial score (nSPS) is 18.6. The van der Waals surface area contributed by atoms with Crippen molar-refractivity contribution in [3.63, 3.8) is 0 Å². The minimum Gasteiger partial charge on any atom is -0.312 e. The number of rotatable bonds is 0. The average molecular weight is 187 g/mol. The van der Waals surface area contributed by atoms with E-state index in [1.54, 1.807) is 0 Å². The second-order valence-electron chi connectivity index (χ2n) is 4.16. The van der Waals surface area contributed by atoms with Gasteiger partial charge in [-0.05, 0) is 36.5 Å². The number of hydrogen-bond acceptors (Lipinski definition) is 1. The molecule has 0 unspecified atom stereocenters. The second kappa shape index (κ2) is 2.59. The molecule has 2 nitrogen and oxygen atoms in total. The zero-order valence-electron chi connectivity index (χ0n) is 8.34. The minimum atomic E-state index is 0.307. The van der Waals surface area contributed by atoms with Gasteiger partial charge in [0.15, 0.2) is 0 Å². The first kappa shape index (κ1) is 8.04. The van der Waals surface area contributed by atoms with Crippen LogP contribution in [0.25, 0.3) is 0 Å². The number of hydrogen-bond donors (Lipinski definition) is 0. The molecule has 0 spiro atoms. The molecule has 0 atom stereocenters. The Bertz CT molecular complexity index is 423. The van der Waals surface area contributed by atoms with E-state index in [9.17, 15) is 4.79 Å². The molecule has 2 heteroatoms. The Morgan fingerprint density at radius 2 is 2.07 bits per heavy atom. The summed E-state index contributed by atoms with van der Waals surface area (Å²) in [5, 5.41) is 0. The first-order chi connectivity index (χ1) is 6.77. The highest BCUT2D eigenvalue weighted by atomic mass is 16.2. The number of benzene rings is 1. The fourth-order valence-electron chi connectivity index (χ4n) is 2.60. The Balaban J connectivity index is 2.27. The van der Waals surface area contributed by atoms with Gasteiger partial charge in [0.2, 0.25) is 5.91 Å². The molecule has 0 N–H and O–H groups in total. The smallest absolute Gasteiger partial charge is 0.227 e. The van der Waals surface area contributed by atoms with Gasteiger partial charge in [0, 0.05) is 13.0 Å². The first-order valence-electron chi connectivity index (χ1n) is 5.19. The molecule has 14 heavy (non-hydrogen) atoms. The molecule has 72 valence electrons. The van der Waals surface area contributed by atoms with Crippen LogP contribution in [-0.4, -0.2) is 12.5 Å². The van der Waals surface area contributed by atoms with E-state index in [0.717, 1.165) is 19.4 Å². The summed E-state index contributed by atoms with van der Waals surface area (Å²) in [6, 6.07) is 4.36. The van der Waals surface area contributed by atoms with Gasteiger partial charge in [0.05, 0.1) is 5.69 Å². The van der Waals surface area contributed by atoms with E-state index in [0.29, 0.717) is 12.3 Å². The van der Waals surface area contributed by atoms with Crippen molar-refractivity contribution in [3.8, 4) is 0 Å². The zero-order chi connectivity index (χ0) is 9.71. The summed E-state index contributed by atoms with van der Waals surface area (Å²) in [7, 11) is 0. The summed E-state index contributed by atoms with van der Waals surface area (Å²) in [5.41, 5.74) is 5.34. The highest BCUT2D eigenvalue weighted by molar-refractivity contribution is 5.98. The predicted octanol–water partition coefficient (Wildman–Crippen LogP) is 1.83. The molecule has 2 aliphatic rings. The maximum atomic E-state index is 11.7. The molecular formula is C12H13NO. The van der Waals surface area contributed by atoms with Crippen molar-refractivity contribution < 1.29 is 4.79 Å². The van der Waals surface area contributed by atoms with E-state index in [1.807, 2.05) is 4.90 Å². The van der Waals surface area contributed by atoms with E-state index < -0.39 is 0 Å². The number of carbonyl (C=O) groups excluding carboxylic acids is 1. The monoisotopic (exact) mass is 187 g/mol. The maximum Gasteiger partial charge on any atom is 0.227 e. The van der Waals surface area contributed by atoms with Crippen molar-refractivity contribution in [1.82, 2.24) is 0 Å². The molecule has 0 aromatic heterocycles. The Kier molecular flexibility index (Phi) is 1.49. The fourth-order valence-corrected chi connectivity index (χ4v) is 2.60. The third kappa shape index (κ3) is 0.884. The number of anilines is 1. The van der Waals surface area contributed by atoms with E-state index in [4.69, 9.17) is 0 Å². The Labute approximate surface area is 83.5 Å². The van der Waals surface area contributed by atoms with Crippen LogP contribution in [0.15, 0.2) is 12.1 Å². The minimum absolute atomic E-state index is 0.307. The molecule has 0 saturated carbocycles. The lowest BCUT2D eigenvalue weighted by atomic mass is 9.95. The summed E-state index contributed by atoms with van der Waals surface area (Å²) in [4.78, 5) is 13.6. The molecule has 2 heterocycles. The third-order valence-corrected chi connectivity index (χ3v) is 3.37. The van der Waals surface area contributed by atoms with Crippen LogP contribution in [0.5, 0.6) is 0 Å². The molecule has 2 aliphatic heterocycles. The van der Waals surface area contributed by atoms with Gasteiger partial charge in [-0.2, -0.15) is 0 Å². The van der Waals surface area contributed by atoms with Gasteiger partial charge in [-0.3, -0.25) is 4.79 Å². The first-order valence-corrected chi connectivity index (χ1v) is 5.19. The largest absolute Gasteiger partial charge is 0.312 e. The zero-order valence-corrected chi connectivity index (χ0v) is 8.34. The van der Waals surface area contributed by atoms with Crippen LogP contribution in [0.2, 0.25) is 0 Å². The number of amides is 1. The average Bonchev–Trinajstić information content (AvgIpc) is 2.60. The van der Waals surface area contributed by atoms with E-state index in [-0.39, 0.29) is 0 Å². The molecule has 1 amide bonds. The molecule has 1 aromatic carbocycles. The van der Waals surface area contributed by atoms with Crippen LogP contribution in [0.1, 0.15) is 23.1 Å². The number of carbonyl (C=O) groups is 1. The topological polar surface area (TPSA) is 20.3 Å². The SMILES string of the molecule is Cc1ccc2c3c1CCC(=O)N3CC2. The molecule has 3 rings (SSSR count). The van der Waals surface area contributed by atoms with Crippen molar-refractivity contribution in [2.75, 3.05) is 11.4 Å². The van der Waals surface area contributed by atoms with E-state index in [1.165, 1.54) is 22.4 Å². The van der Waals surface area contributed by atoms with Gasteiger partial charge < -0.3 is 4.90 Å². The van der Waals surface area contributed by atoms with Crippen LogP contribution >= 0.6 is 0 Å². The lowest BCUT2D eigenvalue weighted by Crippen LogP contribution is -2.33. The van der Waals surface area contributed by atoms with Gasteiger partial charge in [-0.25, -0.2) is 0 Å². The standard InChI is InChI=1S/C12H13NO/c1-8-2-3-9-6-7-13-11(14)5-4-10(8)12(9)13/h2-3H,4-7H2,1H3. The third-order valence-electron chi connectivity index (χ3n) is 3.37. The maximum absolute atomic E-state index is 11.7. The van der Waals surface area contributed by atoms with Crippen LogP contribution in [0.4, 0.5) is 5.69 Å². The number of nitrogens with zero attached hydrogens (tertiary/aromatic N) is 1. The van der Waals surface area contributed by atoms with Crippen LogP contribution in [0.3, 0.4) is 0 Å². The van der Waals surface area contributed by atoms with Gasteiger partial charge in [0.25, 0.3) is 0 Å². The molecule has 1 aromatic rings. The van der Waals surface area contributed by atoms with Crippen molar-refractivity contribution in [3.05, 3.63) is 28.8 Å². The Morgan fingerprint density at radius 1 is 1.21 bits per heavy atom. The quantitative estimate of drug-likeness (QED) is 0.606. The second-order valence-corrected chi connectivity index (χ2v) is 4.16. The summed E-state index contributed by atoms with van der Waals surface area (Å²) in [6.07, 6.45) is 2.66. The van der Waals surface area contributed by atoms with Crippen LogP contribution < -0.4 is 4.90 Å². The van der Waals surface area contributed by atoms with Crippen LogP contribution in [0, 0.1) is 6.92 Å². The van der Waals surface area contributed by atoms with Gasteiger partial charge in [-0.1, -0.05) is 12.1 Å². The van der Waals surface area contributed by atoms with Crippen molar-refractivity contribution in [2.24, 2.45) is 0 Å². The lowest BCUT2D eigenvalue weighted by molar-refractivity contribution is -0.118. The van der Waals surface area contributed by atoms with Crippen molar-refractivity contribution in [1.29, 1.82) is 0 Å². The highest BCUT2D eigenvalue weighted by Gasteiger charge is 2.31. The molecule has 0 bridgehead atoms. The summed E-state index contributed by atoms with van der Waals surface area (Å²) in [6.45, 7) is 3.03. The molecule has 0 aliphatic carbocycles. The predicted molar refractivity (Wildman–Crippen MR) is 55.6 cm³/mol. The van der Waals surface area contributed by atoms with Crippen molar-refractivity contribution in [2.45, 2.75) is 26.2 Å². The molecule has 0 fully saturated rings. The molecular weight excluding hydrogens is 174 g/mol. The molecule has 0 saturated heterocycles. The summed E-state index contributed by atoms with van der Waals surface area (Å²) < 4.78 is 0. The van der Waals surface area contributed by atoms with Gasteiger partial charge >= 0.3 is 0 Å². The Hall–Kier alpha value is -1.31. The van der Waals surface area contributed by atoms with Gasteiger partial charge in [-0.15, -0.1) is 0 Å². The Morgan fingerprint density at radius 3 is 2.93 bits per heavy atom. The lowest BCUT2D eigenvalue weighted by Gasteiger charge is -2.26. The number of aryl methyl sites for hydroxylation is 1. The summed E-state index contributed by atoms with van der Waals surface area (Å²) >= 11 is 0. The van der Waals surface area contributed by atoms with E-state index >= 15 is 0 Å².